The van der Waals surface area contributed by atoms with Crippen molar-refractivity contribution in [2.75, 3.05) is 14.2 Å². The highest BCUT2D eigenvalue weighted by Gasteiger charge is 2.47. The van der Waals surface area contributed by atoms with Crippen LogP contribution in [0, 0.1) is 11.8 Å². The van der Waals surface area contributed by atoms with Gasteiger partial charge < -0.3 is 24.1 Å². The van der Waals surface area contributed by atoms with E-state index in [0.29, 0.717) is 12.3 Å². The molecule has 8 atom stereocenters. The van der Waals surface area contributed by atoms with E-state index in [9.17, 15) is 5.11 Å². The number of aliphatic hydroxyl groups excluding tert-OH is 1. The molecule has 2 aliphatic heterocycles. The van der Waals surface area contributed by atoms with E-state index < -0.39 is 6.10 Å². The minimum absolute atomic E-state index is 0.0172. The van der Waals surface area contributed by atoms with Crippen molar-refractivity contribution < 1.29 is 24.1 Å². The summed E-state index contributed by atoms with van der Waals surface area (Å²) < 4.78 is 23.5. The summed E-state index contributed by atoms with van der Waals surface area (Å²) in [5, 5.41) is 10.1. The molecule has 0 spiro atoms. The highest BCUT2D eigenvalue weighted by Crippen LogP contribution is 2.38. The highest BCUT2D eigenvalue weighted by atomic mass is 16.6. The molecule has 1 N–H and O–H groups in total. The first-order chi connectivity index (χ1) is 10.4. The van der Waals surface area contributed by atoms with Crippen LogP contribution in [0.4, 0.5) is 0 Å². The minimum Gasteiger partial charge on any atom is -0.388 e. The number of methoxy groups -OCH3 is 2. The van der Waals surface area contributed by atoms with Crippen LogP contribution in [0.1, 0.15) is 40.5 Å². The Balaban J connectivity index is 2.12. The molecule has 0 aromatic rings. The first kappa shape index (κ1) is 18.1. The molecule has 0 bridgehead atoms. The second-order valence-corrected chi connectivity index (χ2v) is 7.09. The van der Waals surface area contributed by atoms with Crippen LogP contribution in [0.15, 0.2) is 0 Å². The van der Waals surface area contributed by atoms with Gasteiger partial charge in [-0.05, 0) is 19.8 Å². The standard InChI is InChI=1S/C17H32O5/c1-9(2)12-7-13(19-5)16(10(3)21-12)14-8-15(20-6)17(18)11(4)22-14/h9-18H,7-8H2,1-6H3/t10-,11-,12+,13-,14?,15-,16-,17?/m0/s1. The second kappa shape index (κ2) is 7.58. The average Bonchev–Trinajstić information content (AvgIpc) is 2.48. The van der Waals surface area contributed by atoms with Crippen molar-refractivity contribution in [3.8, 4) is 0 Å². The Labute approximate surface area is 134 Å². The predicted molar refractivity (Wildman–Crippen MR) is 83.8 cm³/mol. The van der Waals surface area contributed by atoms with Gasteiger partial charge in [-0.15, -0.1) is 0 Å². The van der Waals surface area contributed by atoms with Gasteiger partial charge in [-0.2, -0.15) is 0 Å². The van der Waals surface area contributed by atoms with E-state index in [-0.39, 0.29) is 42.5 Å². The Morgan fingerprint density at radius 2 is 1.59 bits per heavy atom. The quantitative estimate of drug-likeness (QED) is 0.860. The van der Waals surface area contributed by atoms with E-state index in [1.54, 1.807) is 14.2 Å². The van der Waals surface area contributed by atoms with Crippen molar-refractivity contribution in [2.24, 2.45) is 11.8 Å². The molecule has 130 valence electrons. The fraction of sp³-hybridized carbons (Fsp3) is 1.00. The largest absolute Gasteiger partial charge is 0.388 e. The zero-order valence-electron chi connectivity index (χ0n) is 14.7. The summed E-state index contributed by atoms with van der Waals surface area (Å²) >= 11 is 0. The molecule has 0 aromatic heterocycles. The van der Waals surface area contributed by atoms with Gasteiger partial charge in [-0.1, -0.05) is 13.8 Å². The molecule has 5 heteroatoms. The van der Waals surface area contributed by atoms with Gasteiger partial charge in [0, 0.05) is 33.0 Å². The van der Waals surface area contributed by atoms with Crippen LogP contribution in [0.25, 0.3) is 0 Å². The van der Waals surface area contributed by atoms with Crippen LogP contribution in [-0.2, 0) is 18.9 Å². The summed E-state index contributed by atoms with van der Waals surface area (Å²) in [5.74, 6) is 0.633. The molecule has 2 fully saturated rings. The van der Waals surface area contributed by atoms with E-state index >= 15 is 0 Å². The van der Waals surface area contributed by atoms with Gasteiger partial charge in [-0.25, -0.2) is 0 Å². The van der Waals surface area contributed by atoms with Gasteiger partial charge >= 0.3 is 0 Å². The summed E-state index contributed by atoms with van der Waals surface area (Å²) in [6.45, 7) is 8.36. The third kappa shape index (κ3) is 3.65. The Kier molecular flexibility index (Phi) is 6.25. The Bertz CT molecular complexity index is 348. The van der Waals surface area contributed by atoms with Crippen LogP contribution in [0.3, 0.4) is 0 Å². The maximum absolute atomic E-state index is 10.1. The lowest BCUT2D eigenvalue weighted by atomic mass is 9.79. The maximum atomic E-state index is 10.1. The number of aliphatic hydroxyl groups is 1. The summed E-state index contributed by atoms with van der Waals surface area (Å²) in [5.41, 5.74) is 0. The molecule has 2 heterocycles. The Hall–Kier alpha value is -0.200. The molecule has 22 heavy (non-hydrogen) atoms. The summed E-state index contributed by atoms with van der Waals surface area (Å²) in [6.07, 6.45) is 0.932. The molecule has 5 nitrogen and oxygen atoms in total. The number of rotatable bonds is 4. The van der Waals surface area contributed by atoms with Crippen molar-refractivity contribution in [3.63, 3.8) is 0 Å². The number of ether oxygens (including phenoxy) is 4. The lowest BCUT2D eigenvalue weighted by Gasteiger charge is -2.48. The third-order valence-electron chi connectivity index (χ3n) is 5.32. The van der Waals surface area contributed by atoms with Crippen molar-refractivity contribution in [2.45, 2.75) is 83.3 Å². The predicted octanol–water partition coefficient (Wildman–Crippen LogP) is 2.00. The second-order valence-electron chi connectivity index (χ2n) is 7.09. The van der Waals surface area contributed by atoms with Crippen molar-refractivity contribution >= 4 is 0 Å². The van der Waals surface area contributed by atoms with Crippen molar-refractivity contribution in [3.05, 3.63) is 0 Å². The monoisotopic (exact) mass is 316 g/mol. The summed E-state index contributed by atoms with van der Waals surface area (Å²) in [4.78, 5) is 0. The Morgan fingerprint density at radius 3 is 2.14 bits per heavy atom. The molecule has 2 aliphatic rings. The Morgan fingerprint density at radius 1 is 0.955 bits per heavy atom. The van der Waals surface area contributed by atoms with E-state index in [1.807, 2.05) is 6.92 Å². The third-order valence-corrected chi connectivity index (χ3v) is 5.32. The van der Waals surface area contributed by atoms with Gasteiger partial charge in [0.2, 0.25) is 0 Å². The van der Waals surface area contributed by atoms with Gasteiger partial charge in [-0.3, -0.25) is 0 Å². The van der Waals surface area contributed by atoms with E-state index in [2.05, 4.69) is 20.8 Å². The molecule has 2 saturated heterocycles. The van der Waals surface area contributed by atoms with Crippen LogP contribution < -0.4 is 0 Å². The van der Waals surface area contributed by atoms with Crippen molar-refractivity contribution in [1.29, 1.82) is 0 Å². The fourth-order valence-electron chi connectivity index (χ4n) is 3.90. The van der Waals surface area contributed by atoms with Gasteiger partial charge in [0.1, 0.15) is 6.10 Å². The average molecular weight is 316 g/mol. The SMILES string of the molecule is CO[C@H]1CC([C@H]2[C@H](C)O[C@@H](C(C)C)C[C@@H]2OC)O[C@@H](C)C1O. The summed E-state index contributed by atoms with van der Waals surface area (Å²) in [7, 11) is 3.41. The van der Waals surface area contributed by atoms with Crippen molar-refractivity contribution in [1.82, 2.24) is 0 Å². The fourth-order valence-corrected chi connectivity index (χ4v) is 3.90. The lowest BCUT2D eigenvalue weighted by Crippen LogP contribution is -2.56. The van der Waals surface area contributed by atoms with Gasteiger partial charge in [0.25, 0.3) is 0 Å². The zero-order chi connectivity index (χ0) is 16.4. The maximum Gasteiger partial charge on any atom is 0.106 e. The number of hydrogen-bond acceptors (Lipinski definition) is 5. The van der Waals surface area contributed by atoms with Crippen LogP contribution in [0.2, 0.25) is 0 Å². The zero-order valence-corrected chi connectivity index (χ0v) is 14.7. The molecule has 0 amide bonds. The van der Waals surface area contributed by atoms with Crippen LogP contribution in [0.5, 0.6) is 0 Å². The van der Waals surface area contributed by atoms with E-state index in [4.69, 9.17) is 18.9 Å². The molecule has 2 unspecified atom stereocenters. The van der Waals surface area contributed by atoms with E-state index in [1.165, 1.54) is 0 Å². The first-order valence-electron chi connectivity index (χ1n) is 8.43. The molecule has 0 aromatic carbocycles. The van der Waals surface area contributed by atoms with Crippen LogP contribution >= 0.6 is 0 Å². The van der Waals surface area contributed by atoms with Crippen LogP contribution in [-0.4, -0.2) is 62.1 Å². The summed E-state index contributed by atoms with van der Waals surface area (Å²) in [6, 6.07) is 0. The molecule has 0 aliphatic carbocycles. The molecular formula is C17H32O5. The lowest BCUT2D eigenvalue weighted by molar-refractivity contribution is -0.232. The van der Waals surface area contributed by atoms with Gasteiger partial charge in [0.15, 0.2) is 0 Å². The highest BCUT2D eigenvalue weighted by molar-refractivity contribution is 4.95. The minimum atomic E-state index is -0.578. The molecule has 2 rings (SSSR count). The topological polar surface area (TPSA) is 57.2 Å². The smallest absolute Gasteiger partial charge is 0.106 e. The molecular weight excluding hydrogens is 284 g/mol. The first-order valence-corrected chi connectivity index (χ1v) is 8.43. The van der Waals surface area contributed by atoms with Gasteiger partial charge in [0.05, 0.1) is 36.6 Å². The van der Waals surface area contributed by atoms with E-state index in [0.717, 1.165) is 6.42 Å². The normalized spacial score (nSPS) is 46.9. The molecule has 0 saturated carbocycles. The molecule has 0 radical (unpaired) electrons. The number of hydrogen-bond donors (Lipinski definition) is 1.